The van der Waals surface area contributed by atoms with Gasteiger partial charge < -0.3 is 5.32 Å². The van der Waals surface area contributed by atoms with Crippen molar-refractivity contribution in [2.45, 2.75) is 13.8 Å². The average molecular weight is 309 g/mol. The van der Waals surface area contributed by atoms with E-state index in [2.05, 4.69) is 15.3 Å². The highest BCUT2D eigenvalue weighted by Crippen LogP contribution is 2.22. The fraction of sp³-hybridized carbons (Fsp3) is 0.111. The van der Waals surface area contributed by atoms with Crippen LogP contribution in [0.5, 0.6) is 0 Å². The largest absolute Gasteiger partial charge is 0.325 e. The highest BCUT2D eigenvalue weighted by Gasteiger charge is 2.07. The van der Waals surface area contributed by atoms with E-state index in [1.54, 1.807) is 19.1 Å². The second-order valence-corrected chi connectivity index (χ2v) is 5.39. The second kappa shape index (κ2) is 6.04. The fourth-order valence-electron chi connectivity index (χ4n) is 2.34. The molecule has 1 aromatic heterocycles. The summed E-state index contributed by atoms with van der Waals surface area (Å²) in [4.78, 5) is 19.0. The normalized spacial score (nSPS) is 10.6. The zero-order chi connectivity index (χ0) is 16.4. The van der Waals surface area contributed by atoms with Gasteiger partial charge in [0.15, 0.2) is 0 Å². The summed E-state index contributed by atoms with van der Waals surface area (Å²) in [7, 11) is 0. The first kappa shape index (κ1) is 15.0. The number of H-pyrrole nitrogens is 1. The smallest absolute Gasteiger partial charge is 0.252 e. The van der Waals surface area contributed by atoms with Crippen LogP contribution in [-0.4, -0.2) is 9.97 Å². The maximum Gasteiger partial charge on any atom is 0.252 e. The van der Waals surface area contributed by atoms with Gasteiger partial charge in [0.25, 0.3) is 5.56 Å². The number of nitrogens with one attached hydrogen (secondary N) is 2. The summed E-state index contributed by atoms with van der Waals surface area (Å²) < 4.78 is 13.6. The summed E-state index contributed by atoms with van der Waals surface area (Å²) in [5.74, 6) is -0.0325. The van der Waals surface area contributed by atoms with E-state index in [1.807, 2.05) is 31.2 Å². The number of nitrogens with zero attached hydrogens (tertiary/aromatic N) is 1. The van der Waals surface area contributed by atoms with Gasteiger partial charge in [0.2, 0.25) is 5.95 Å². The van der Waals surface area contributed by atoms with Crippen LogP contribution in [-0.2, 0) is 0 Å². The molecule has 4 nitrogen and oxygen atoms in total. The van der Waals surface area contributed by atoms with Crippen molar-refractivity contribution in [3.05, 3.63) is 75.8 Å². The quantitative estimate of drug-likeness (QED) is 0.770. The molecular weight excluding hydrogens is 293 g/mol. The highest BCUT2D eigenvalue weighted by molar-refractivity contribution is 5.63. The van der Waals surface area contributed by atoms with Crippen molar-refractivity contribution in [3.63, 3.8) is 0 Å². The van der Waals surface area contributed by atoms with Crippen LogP contribution in [0.2, 0.25) is 0 Å². The maximum atomic E-state index is 13.6. The predicted octanol–water partition coefficient (Wildman–Crippen LogP) is 3.94. The molecule has 0 unspecified atom stereocenters. The van der Waals surface area contributed by atoms with Gasteiger partial charge in [-0.3, -0.25) is 9.78 Å². The number of aromatic amines is 1. The summed E-state index contributed by atoms with van der Waals surface area (Å²) in [6.07, 6.45) is 0. The van der Waals surface area contributed by atoms with Gasteiger partial charge in [0, 0.05) is 22.9 Å². The van der Waals surface area contributed by atoms with Gasteiger partial charge in [-0.1, -0.05) is 29.8 Å². The Kier molecular flexibility index (Phi) is 3.93. The summed E-state index contributed by atoms with van der Waals surface area (Å²) in [6.45, 7) is 3.64. The molecule has 0 spiro atoms. The van der Waals surface area contributed by atoms with Gasteiger partial charge >= 0.3 is 0 Å². The summed E-state index contributed by atoms with van der Waals surface area (Å²) in [6, 6.07) is 13.9. The Morgan fingerprint density at radius 3 is 2.65 bits per heavy atom. The van der Waals surface area contributed by atoms with E-state index in [1.165, 1.54) is 12.1 Å². The number of hydrogen-bond acceptors (Lipinski definition) is 3. The third-order valence-electron chi connectivity index (χ3n) is 3.58. The fourth-order valence-corrected chi connectivity index (χ4v) is 2.34. The Morgan fingerprint density at radius 2 is 1.87 bits per heavy atom. The molecule has 5 heteroatoms. The van der Waals surface area contributed by atoms with Crippen molar-refractivity contribution in [3.8, 4) is 11.3 Å². The molecule has 0 bridgehead atoms. The zero-order valence-corrected chi connectivity index (χ0v) is 12.9. The lowest BCUT2D eigenvalue weighted by molar-refractivity contribution is 0.619. The predicted molar refractivity (Wildman–Crippen MR) is 89.5 cm³/mol. The minimum Gasteiger partial charge on any atom is -0.325 e. The van der Waals surface area contributed by atoms with Crippen LogP contribution in [0.3, 0.4) is 0 Å². The standard InChI is InChI=1S/C18H16FN3O/c1-11-5-3-6-13(9-11)16-10-17(23)22-18(21-16)20-15-8-4-7-14(19)12(15)2/h3-10H,1-2H3,(H2,20,21,22,23). The number of rotatable bonds is 3. The molecule has 3 rings (SSSR count). The van der Waals surface area contributed by atoms with E-state index in [4.69, 9.17) is 0 Å². The van der Waals surface area contributed by atoms with Crippen molar-refractivity contribution < 1.29 is 4.39 Å². The van der Waals surface area contributed by atoms with Crippen LogP contribution in [0.15, 0.2) is 53.3 Å². The van der Waals surface area contributed by atoms with Crippen LogP contribution in [0.25, 0.3) is 11.3 Å². The Morgan fingerprint density at radius 1 is 1.09 bits per heavy atom. The lowest BCUT2D eigenvalue weighted by Gasteiger charge is -2.10. The van der Waals surface area contributed by atoms with Crippen molar-refractivity contribution in [1.82, 2.24) is 9.97 Å². The molecule has 0 aliphatic rings. The molecule has 3 aromatic rings. The van der Waals surface area contributed by atoms with E-state index < -0.39 is 0 Å². The SMILES string of the molecule is Cc1cccc(-c2cc(=O)[nH]c(Nc3cccc(F)c3C)n2)c1. The van der Waals surface area contributed by atoms with Crippen LogP contribution >= 0.6 is 0 Å². The van der Waals surface area contributed by atoms with Crippen molar-refractivity contribution in [1.29, 1.82) is 0 Å². The molecule has 0 saturated heterocycles. The lowest BCUT2D eigenvalue weighted by atomic mass is 10.1. The van der Waals surface area contributed by atoms with Crippen LogP contribution in [0, 0.1) is 19.7 Å². The van der Waals surface area contributed by atoms with E-state index in [9.17, 15) is 9.18 Å². The van der Waals surface area contributed by atoms with Gasteiger partial charge in [-0.2, -0.15) is 0 Å². The maximum absolute atomic E-state index is 13.6. The number of aryl methyl sites for hydroxylation is 1. The average Bonchev–Trinajstić information content (AvgIpc) is 2.51. The molecule has 0 saturated carbocycles. The van der Waals surface area contributed by atoms with Crippen molar-refractivity contribution in [2.75, 3.05) is 5.32 Å². The third-order valence-corrected chi connectivity index (χ3v) is 3.58. The Hall–Kier alpha value is -2.95. The molecule has 2 N–H and O–H groups in total. The Bertz CT molecular complexity index is 918. The Balaban J connectivity index is 2.01. The first-order chi connectivity index (χ1) is 11.0. The molecule has 0 fully saturated rings. The Labute approximate surface area is 133 Å². The summed E-state index contributed by atoms with van der Waals surface area (Å²) >= 11 is 0. The van der Waals surface area contributed by atoms with Gasteiger partial charge in [-0.05, 0) is 32.0 Å². The number of aromatic nitrogens is 2. The van der Waals surface area contributed by atoms with Gasteiger partial charge in [-0.15, -0.1) is 0 Å². The van der Waals surface area contributed by atoms with Crippen LogP contribution in [0.4, 0.5) is 16.0 Å². The number of hydrogen-bond donors (Lipinski definition) is 2. The van der Waals surface area contributed by atoms with E-state index >= 15 is 0 Å². The van der Waals surface area contributed by atoms with Gasteiger partial charge in [0.1, 0.15) is 5.82 Å². The molecule has 0 amide bonds. The first-order valence-corrected chi connectivity index (χ1v) is 7.23. The number of anilines is 2. The monoisotopic (exact) mass is 309 g/mol. The zero-order valence-electron chi connectivity index (χ0n) is 12.9. The van der Waals surface area contributed by atoms with Gasteiger partial charge in [-0.25, -0.2) is 9.37 Å². The van der Waals surface area contributed by atoms with E-state index in [0.717, 1.165) is 11.1 Å². The minimum atomic E-state index is -0.313. The van der Waals surface area contributed by atoms with Crippen molar-refractivity contribution >= 4 is 11.6 Å². The second-order valence-electron chi connectivity index (χ2n) is 5.39. The van der Waals surface area contributed by atoms with Crippen LogP contribution in [0.1, 0.15) is 11.1 Å². The highest BCUT2D eigenvalue weighted by atomic mass is 19.1. The molecule has 0 atom stereocenters. The molecule has 2 aromatic carbocycles. The molecule has 0 aliphatic heterocycles. The molecular formula is C18H16FN3O. The molecule has 116 valence electrons. The van der Waals surface area contributed by atoms with Crippen molar-refractivity contribution in [2.24, 2.45) is 0 Å². The van der Waals surface area contributed by atoms with Gasteiger partial charge in [0.05, 0.1) is 5.69 Å². The topological polar surface area (TPSA) is 57.8 Å². The summed E-state index contributed by atoms with van der Waals surface area (Å²) in [5.41, 5.74) is 3.27. The molecule has 1 heterocycles. The number of halogens is 1. The molecule has 23 heavy (non-hydrogen) atoms. The third kappa shape index (κ3) is 3.29. The lowest BCUT2D eigenvalue weighted by Crippen LogP contribution is -2.11. The first-order valence-electron chi connectivity index (χ1n) is 7.23. The summed E-state index contributed by atoms with van der Waals surface area (Å²) in [5, 5.41) is 2.97. The molecule has 0 radical (unpaired) electrons. The minimum absolute atomic E-state index is 0.270. The number of benzene rings is 2. The molecule has 0 aliphatic carbocycles. The van der Waals surface area contributed by atoms with Crippen LogP contribution < -0.4 is 10.9 Å². The van der Waals surface area contributed by atoms with E-state index in [-0.39, 0.29) is 17.3 Å². The van der Waals surface area contributed by atoms with E-state index in [0.29, 0.717) is 16.9 Å².